The molecule has 3 aromatic rings. The van der Waals surface area contributed by atoms with Crippen LogP contribution in [0.15, 0.2) is 61.9 Å². The van der Waals surface area contributed by atoms with E-state index in [2.05, 4.69) is 15.5 Å². The zero-order chi connectivity index (χ0) is 23.6. The van der Waals surface area contributed by atoms with Crippen molar-refractivity contribution in [3.63, 3.8) is 0 Å². The summed E-state index contributed by atoms with van der Waals surface area (Å²) in [4.78, 5) is 12.6. The Labute approximate surface area is 211 Å². The number of carbonyl (C=O) groups is 1. The summed E-state index contributed by atoms with van der Waals surface area (Å²) in [5.41, 5.74) is -0.0516. The van der Waals surface area contributed by atoms with Gasteiger partial charge in [-0.15, -0.1) is 10.2 Å². The summed E-state index contributed by atoms with van der Waals surface area (Å²) >= 11 is 4.48. The molecule has 2 aromatic heterocycles. The first kappa shape index (κ1) is 24.4. The molecule has 0 unspecified atom stereocenters. The van der Waals surface area contributed by atoms with Gasteiger partial charge in [0.15, 0.2) is 9.43 Å². The molecular weight excluding hydrogens is 488 g/mol. The lowest BCUT2D eigenvalue weighted by atomic mass is 10.0. The molecule has 1 N–H and O–H groups in total. The van der Waals surface area contributed by atoms with E-state index in [9.17, 15) is 10.1 Å². The largest absolute Gasteiger partial charge is 0.493 e. The maximum atomic E-state index is 12.6. The number of hydrogen-bond donors (Lipinski definition) is 1. The van der Waals surface area contributed by atoms with Gasteiger partial charge in [0, 0.05) is 17.1 Å². The van der Waals surface area contributed by atoms with Crippen LogP contribution in [0.2, 0.25) is 0 Å². The van der Waals surface area contributed by atoms with Crippen LogP contribution in [-0.4, -0.2) is 33.7 Å². The van der Waals surface area contributed by atoms with E-state index in [0.717, 1.165) is 10.8 Å². The Kier molecular flexibility index (Phi) is 9.07. The number of amides is 1. The van der Waals surface area contributed by atoms with Crippen molar-refractivity contribution in [2.75, 3.05) is 17.7 Å². The van der Waals surface area contributed by atoms with E-state index < -0.39 is 5.91 Å². The van der Waals surface area contributed by atoms with Crippen LogP contribution in [0.1, 0.15) is 37.9 Å². The minimum Gasteiger partial charge on any atom is -0.493 e. The lowest BCUT2D eigenvalue weighted by Crippen LogP contribution is -2.13. The highest BCUT2D eigenvalue weighted by atomic mass is 32.2. The Balaban J connectivity index is 1.26. The van der Waals surface area contributed by atoms with Gasteiger partial charge < -0.3 is 9.15 Å². The molecule has 34 heavy (non-hydrogen) atoms. The highest BCUT2D eigenvalue weighted by Gasteiger charge is 2.17. The third-order valence-corrected chi connectivity index (χ3v) is 8.23. The van der Waals surface area contributed by atoms with E-state index >= 15 is 0 Å². The van der Waals surface area contributed by atoms with Gasteiger partial charge in [0.25, 0.3) is 5.91 Å². The number of aromatic nitrogens is 2. The molecule has 2 heterocycles. The van der Waals surface area contributed by atoms with E-state index in [0.29, 0.717) is 32.8 Å². The van der Waals surface area contributed by atoms with Crippen LogP contribution in [0.5, 0.6) is 5.75 Å². The fraction of sp³-hybridized carbons (Fsp3) is 0.333. The van der Waals surface area contributed by atoms with E-state index in [1.54, 1.807) is 17.8 Å². The van der Waals surface area contributed by atoms with Crippen molar-refractivity contribution < 1.29 is 13.9 Å². The van der Waals surface area contributed by atoms with Gasteiger partial charge >= 0.3 is 0 Å². The summed E-state index contributed by atoms with van der Waals surface area (Å²) < 4.78 is 12.2. The first-order valence-electron chi connectivity index (χ1n) is 11.0. The Bertz CT molecular complexity index is 1150. The molecular formula is C24H24N4O3S3. The average molecular weight is 513 g/mol. The molecule has 7 nitrogen and oxygen atoms in total. The first-order chi connectivity index (χ1) is 16.7. The molecule has 1 fully saturated rings. The highest BCUT2D eigenvalue weighted by Crippen LogP contribution is 2.34. The van der Waals surface area contributed by atoms with Crippen molar-refractivity contribution in [3.8, 4) is 11.8 Å². The summed E-state index contributed by atoms with van der Waals surface area (Å²) in [6.07, 6.45) is 7.68. The number of furan rings is 1. The summed E-state index contributed by atoms with van der Waals surface area (Å²) in [5.74, 6) is 1.46. The standard InChI is InChI=1S/C24H24N4O3S3/c25-16-17(15-19-11-12-21(31-19)33-20-9-5-2-6-10-20)22(29)26-23-27-28-24(34-23)32-14-13-30-18-7-3-1-4-8-18/h1,3-4,7-8,11-12,15,20H,2,5-6,9-10,13-14H2,(H,26,27,29)/b17-15-. The second kappa shape index (κ2) is 12.6. The molecule has 0 radical (unpaired) electrons. The number of ether oxygens (including phenoxy) is 1. The lowest BCUT2D eigenvalue weighted by Gasteiger charge is -2.19. The van der Waals surface area contributed by atoms with Gasteiger partial charge in [-0.2, -0.15) is 5.26 Å². The summed E-state index contributed by atoms with van der Waals surface area (Å²) in [6.45, 7) is 0.529. The van der Waals surface area contributed by atoms with Gasteiger partial charge in [-0.25, -0.2) is 0 Å². The third kappa shape index (κ3) is 7.38. The van der Waals surface area contributed by atoms with Gasteiger partial charge in [-0.1, -0.05) is 72.3 Å². The van der Waals surface area contributed by atoms with Gasteiger partial charge in [0.1, 0.15) is 23.2 Å². The van der Waals surface area contributed by atoms with Crippen molar-refractivity contribution in [1.29, 1.82) is 5.26 Å². The van der Waals surface area contributed by atoms with E-state index in [-0.39, 0.29) is 5.57 Å². The Morgan fingerprint density at radius 1 is 1.21 bits per heavy atom. The second-order valence-electron chi connectivity index (χ2n) is 7.54. The van der Waals surface area contributed by atoms with Crippen LogP contribution >= 0.6 is 34.9 Å². The number of hydrogen-bond acceptors (Lipinski definition) is 9. The number of carbonyl (C=O) groups excluding carboxylic acids is 1. The summed E-state index contributed by atoms with van der Waals surface area (Å²) in [5, 5.41) is 21.9. The SMILES string of the molecule is N#C/C(=C/c1ccc(SC2CCCCC2)o1)C(=O)Nc1nnc(SCCOc2ccccc2)s1. The first-order valence-corrected chi connectivity index (χ1v) is 13.7. The van der Waals surface area contributed by atoms with E-state index in [1.807, 2.05) is 42.5 Å². The summed E-state index contributed by atoms with van der Waals surface area (Å²) in [6, 6.07) is 15.2. The molecule has 0 spiro atoms. The van der Waals surface area contributed by atoms with Crippen LogP contribution < -0.4 is 10.1 Å². The molecule has 1 aliphatic rings. The van der Waals surface area contributed by atoms with Crippen molar-refractivity contribution in [2.24, 2.45) is 0 Å². The molecule has 1 aliphatic carbocycles. The molecule has 0 saturated heterocycles. The minimum atomic E-state index is -0.541. The molecule has 176 valence electrons. The number of nitriles is 1. The van der Waals surface area contributed by atoms with Crippen LogP contribution in [0.25, 0.3) is 6.08 Å². The lowest BCUT2D eigenvalue weighted by molar-refractivity contribution is -0.112. The normalized spacial score (nSPS) is 14.5. The maximum absolute atomic E-state index is 12.6. The quantitative estimate of drug-likeness (QED) is 0.111. The molecule has 1 saturated carbocycles. The fourth-order valence-corrected chi connectivity index (χ4v) is 6.22. The summed E-state index contributed by atoms with van der Waals surface area (Å²) in [7, 11) is 0. The molecule has 1 aromatic carbocycles. The van der Waals surface area contributed by atoms with E-state index in [4.69, 9.17) is 9.15 Å². The molecule has 0 bridgehead atoms. The number of benzene rings is 1. The zero-order valence-corrected chi connectivity index (χ0v) is 20.9. The maximum Gasteiger partial charge on any atom is 0.268 e. The third-order valence-electron chi connectivity index (χ3n) is 5.04. The second-order valence-corrected chi connectivity index (χ2v) is 11.2. The Morgan fingerprint density at radius 3 is 2.82 bits per heavy atom. The predicted molar refractivity (Wildman–Crippen MR) is 136 cm³/mol. The van der Waals surface area contributed by atoms with Crippen LogP contribution in [0.3, 0.4) is 0 Å². The van der Waals surface area contributed by atoms with Crippen LogP contribution in [-0.2, 0) is 4.79 Å². The average Bonchev–Trinajstić information content (AvgIpc) is 3.50. The number of para-hydroxylation sites is 1. The van der Waals surface area contributed by atoms with Crippen LogP contribution in [0.4, 0.5) is 5.13 Å². The Hall–Kier alpha value is -2.74. The molecule has 0 aliphatic heterocycles. The molecule has 4 rings (SSSR count). The number of rotatable bonds is 10. The molecule has 10 heteroatoms. The molecule has 0 atom stereocenters. The van der Waals surface area contributed by atoms with Crippen molar-refractivity contribution in [3.05, 3.63) is 53.8 Å². The number of nitrogens with zero attached hydrogens (tertiary/aromatic N) is 3. The number of thioether (sulfide) groups is 2. The van der Waals surface area contributed by atoms with Crippen molar-refractivity contribution in [2.45, 2.75) is 46.8 Å². The van der Waals surface area contributed by atoms with Gasteiger partial charge in [0.05, 0.1) is 6.61 Å². The topological polar surface area (TPSA) is 101 Å². The van der Waals surface area contributed by atoms with E-state index in [1.165, 1.54) is 61.3 Å². The zero-order valence-electron chi connectivity index (χ0n) is 18.4. The fourth-order valence-electron chi connectivity index (χ4n) is 3.40. The Morgan fingerprint density at radius 2 is 2.03 bits per heavy atom. The number of anilines is 1. The smallest absolute Gasteiger partial charge is 0.268 e. The van der Waals surface area contributed by atoms with Gasteiger partial charge in [0.2, 0.25) is 5.13 Å². The number of nitrogens with one attached hydrogen (secondary N) is 1. The van der Waals surface area contributed by atoms with Gasteiger partial charge in [-0.05, 0) is 37.1 Å². The highest BCUT2D eigenvalue weighted by molar-refractivity contribution is 8.01. The minimum absolute atomic E-state index is 0.0516. The predicted octanol–water partition coefficient (Wildman–Crippen LogP) is 6.27. The monoisotopic (exact) mass is 512 g/mol. The van der Waals surface area contributed by atoms with Crippen LogP contribution in [0, 0.1) is 11.3 Å². The molecule has 1 amide bonds. The van der Waals surface area contributed by atoms with Crippen molar-refractivity contribution in [1.82, 2.24) is 10.2 Å². The van der Waals surface area contributed by atoms with Gasteiger partial charge in [-0.3, -0.25) is 10.1 Å². The van der Waals surface area contributed by atoms with Crippen molar-refractivity contribution >= 4 is 52.0 Å².